The van der Waals surface area contributed by atoms with Crippen LogP contribution in [-0.2, 0) is 20.2 Å². The fraction of sp³-hybridized carbons (Fsp3) is 0.412. The van der Waals surface area contributed by atoms with Gasteiger partial charge < -0.3 is 0 Å². The summed E-state index contributed by atoms with van der Waals surface area (Å²) in [6, 6.07) is 4.21. The van der Waals surface area contributed by atoms with Crippen LogP contribution >= 0.6 is 0 Å². The van der Waals surface area contributed by atoms with Crippen LogP contribution < -0.4 is 0 Å². The minimum Gasteiger partial charge on any atom is -0.286 e. The predicted molar refractivity (Wildman–Crippen MR) is 105 cm³/mol. The molecule has 0 fully saturated rings. The summed E-state index contributed by atoms with van der Waals surface area (Å²) in [6.07, 6.45) is 7.11. The van der Waals surface area contributed by atoms with Crippen molar-refractivity contribution in [3.8, 4) is 0 Å². The molecule has 0 aromatic carbocycles. The van der Waals surface area contributed by atoms with E-state index in [9.17, 15) is 16.8 Å². The van der Waals surface area contributed by atoms with Gasteiger partial charge in [0.05, 0.1) is 11.5 Å². The summed E-state index contributed by atoms with van der Waals surface area (Å²) in [7, 11) is -8.24. The first kappa shape index (κ1) is 25.1. The van der Waals surface area contributed by atoms with Crippen molar-refractivity contribution in [1.29, 1.82) is 0 Å². The Labute approximate surface area is 161 Å². The fourth-order valence-corrected chi connectivity index (χ4v) is 3.04. The highest BCUT2D eigenvalue weighted by molar-refractivity contribution is 7.86. The molecule has 0 spiro atoms. The van der Waals surface area contributed by atoms with E-state index in [1.54, 1.807) is 0 Å². The lowest BCUT2D eigenvalue weighted by atomic mass is 10.2. The lowest BCUT2D eigenvalue weighted by Gasteiger charge is -1.94. The Kier molecular flexibility index (Phi) is 10.9. The molecular formula is C17H26N2O6S2. The van der Waals surface area contributed by atoms with Crippen molar-refractivity contribution < 1.29 is 25.9 Å². The molecule has 0 radical (unpaired) electrons. The molecule has 0 saturated carbocycles. The molecule has 0 aliphatic heterocycles. The van der Waals surface area contributed by atoms with Crippen LogP contribution in [0.15, 0.2) is 36.9 Å². The Morgan fingerprint density at radius 3 is 1.07 bits per heavy atom. The average molecular weight is 419 g/mol. The van der Waals surface area contributed by atoms with Crippen LogP contribution in [0.5, 0.6) is 0 Å². The van der Waals surface area contributed by atoms with Gasteiger partial charge in [0.15, 0.2) is 0 Å². The molecule has 152 valence electrons. The van der Waals surface area contributed by atoms with Gasteiger partial charge in [0.1, 0.15) is 0 Å². The Morgan fingerprint density at radius 1 is 0.667 bits per heavy atom. The molecule has 0 amide bonds. The molecule has 10 heteroatoms. The summed E-state index contributed by atoms with van der Waals surface area (Å²) >= 11 is 0. The monoisotopic (exact) mass is 418 g/mol. The highest BCUT2D eigenvalue weighted by Crippen LogP contribution is 1.97. The van der Waals surface area contributed by atoms with Gasteiger partial charge >= 0.3 is 0 Å². The first-order valence-corrected chi connectivity index (χ1v) is 11.2. The molecule has 0 saturated heterocycles. The molecule has 0 unspecified atom stereocenters. The van der Waals surface area contributed by atoms with Crippen LogP contribution in [0.2, 0.25) is 0 Å². The standard InChI is InChI=1S/2C7H9N.C3H8O6S2/c2*1-6-3-7(2)5-8-4-6;4-10(5,6)2-1-3-11(7,8)9/h2*3-5H,1-2H3;1-3H2,(H,4,5,6)(H,7,8,9). The van der Waals surface area contributed by atoms with Gasteiger partial charge in [-0.2, -0.15) is 16.8 Å². The lowest BCUT2D eigenvalue weighted by molar-refractivity contribution is 0.477. The van der Waals surface area contributed by atoms with Gasteiger partial charge in [-0.3, -0.25) is 19.1 Å². The van der Waals surface area contributed by atoms with Crippen molar-refractivity contribution in [3.63, 3.8) is 0 Å². The van der Waals surface area contributed by atoms with Gasteiger partial charge in [-0.25, -0.2) is 0 Å². The van der Waals surface area contributed by atoms with Crippen LogP contribution in [0.4, 0.5) is 0 Å². The largest absolute Gasteiger partial charge is 0.286 e. The van der Waals surface area contributed by atoms with Crippen LogP contribution in [0.25, 0.3) is 0 Å². The highest BCUT2D eigenvalue weighted by atomic mass is 32.2. The fourth-order valence-electron chi connectivity index (χ4n) is 1.84. The Morgan fingerprint density at radius 2 is 0.926 bits per heavy atom. The topological polar surface area (TPSA) is 135 Å². The van der Waals surface area contributed by atoms with E-state index in [0.717, 1.165) is 0 Å². The van der Waals surface area contributed by atoms with E-state index in [2.05, 4.69) is 22.1 Å². The number of aryl methyl sites for hydroxylation is 4. The summed E-state index contributed by atoms with van der Waals surface area (Å²) in [4.78, 5) is 7.97. The Balaban J connectivity index is 0.000000381. The normalized spacial score (nSPS) is 10.9. The second kappa shape index (κ2) is 11.8. The molecule has 2 N–H and O–H groups in total. The SMILES string of the molecule is Cc1cncc(C)c1.Cc1cncc(C)c1.O=S(=O)(O)CCCS(=O)(=O)O. The number of hydrogen-bond donors (Lipinski definition) is 2. The zero-order chi connectivity index (χ0) is 21.1. The molecule has 0 aliphatic carbocycles. The van der Waals surface area contributed by atoms with E-state index in [1.165, 1.54) is 22.3 Å². The molecule has 27 heavy (non-hydrogen) atoms. The Bertz CT molecular complexity index is 803. The molecule has 2 aromatic rings. The van der Waals surface area contributed by atoms with Gasteiger partial charge in [0.25, 0.3) is 20.2 Å². The van der Waals surface area contributed by atoms with E-state index >= 15 is 0 Å². The summed E-state index contributed by atoms with van der Waals surface area (Å²) in [5, 5.41) is 0. The third-order valence-electron chi connectivity index (χ3n) is 2.83. The van der Waals surface area contributed by atoms with Gasteiger partial charge in [-0.05, 0) is 56.4 Å². The van der Waals surface area contributed by atoms with E-state index in [4.69, 9.17) is 9.11 Å². The second-order valence-electron chi connectivity index (χ2n) is 6.00. The smallest absolute Gasteiger partial charge is 0.264 e. The number of nitrogens with zero attached hydrogens (tertiary/aromatic N) is 2. The van der Waals surface area contributed by atoms with E-state index in [1.807, 2.05) is 52.5 Å². The van der Waals surface area contributed by atoms with Crippen LogP contribution in [-0.4, -0.2) is 47.4 Å². The summed E-state index contributed by atoms with van der Waals surface area (Å²) in [6.45, 7) is 8.17. The third kappa shape index (κ3) is 17.3. The summed E-state index contributed by atoms with van der Waals surface area (Å²) in [5.74, 6) is -1.32. The first-order valence-electron chi connectivity index (χ1n) is 7.95. The van der Waals surface area contributed by atoms with Crippen molar-refractivity contribution in [2.45, 2.75) is 34.1 Å². The van der Waals surface area contributed by atoms with Crippen molar-refractivity contribution in [1.82, 2.24) is 9.97 Å². The molecular weight excluding hydrogens is 392 g/mol. The van der Waals surface area contributed by atoms with Crippen LogP contribution in [0.1, 0.15) is 28.7 Å². The minimum atomic E-state index is -4.12. The Hall–Kier alpha value is -1.88. The molecule has 2 aromatic heterocycles. The third-order valence-corrected chi connectivity index (χ3v) is 4.44. The van der Waals surface area contributed by atoms with Crippen LogP contribution in [0.3, 0.4) is 0 Å². The van der Waals surface area contributed by atoms with E-state index in [0.29, 0.717) is 0 Å². The van der Waals surface area contributed by atoms with Crippen LogP contribution in [0, 0.1) is 27.7 Å². The second-order valence-corrected chi connectivity index (χ2v) is 9.15. The zero-order valence-electron chi connectivity index (χ0n) is 15.8. The first-order chi connectivity index (χ1) is 12.3. The van der Waals surface area contributed by atoms with Crippen molar-refractivity contribution in [3.05, 3.63) is 59.2 Å². The molecule has 0 aliphatic rings. The maximum Gasteiger partial charge on any atom is 0.264 e. The van der Waals surface area contributed by atoms with Gasteiger partial charge in [0.2, 0.25) is 0 Å². The van der Waals surface area contributed by atoms with E-state index < -0.39 is 31.7 Å². The summed E-state index contributed by atoms with van der Waals surface area (Å²) in [5.41, 5.74) is 4.91. The summed E-state index contributed by atoms with van der Waals surface area (Å²) < 4.78 is 56.2. The molecule has 0 atom stereocenters. The molecule has 2 rings (SSSR count). The van der Waals surface area contributed by atoms with Gasteiger partial charge in [0, 0.05) is 24.8 Å². The lowest BCUT2D eigenvalue weighted by Crippen LogP contribution is -2.10. The maximum atomic E-state index is 10.00. The number of pyridine rings is 2. The minimum absolute atomic E-state index is 0.308. The van der Waals surface area contributed by atoms with Crippen molar-refractivity contribution >= 4 is 20.2 Å². The quantitative estimate of drug-likeness (QED) is 0.723. The highest BCUT2D eigenvalue weighted by Gasteiger charge is 2.09. The molecule has 0 bridgehead atoms. The molecule has 8 nitrogen and oxygen atoms in total. The average Bonchev–Trinajstić information content (AvgIpc) is 2.45. The van der Waals surface area contributed by atoms with Crippen molar-refractivity contribution in [2.75, 3.05) is 11.5 Å². The number of hydrogen-bond acceptors (Lipinski definition) is 6. The predicted octanol–water partition coefficient (Wildman–Crippen LogP) is 2.55. The van der Waals surface area contributed by atoms with Crippen molar-refractivity contribution in [2.24, 2.45) is 0 Å². The molecule has 2 heterocycles. The number of aromatic nitrogens is 2. The maximum absolute atomic E-state index is 10.00. The number of rotatable bonds is 4. The van der Waals surface area contributed by atoms with Gasteiger partial charge in [-0.1, -0.05) is 12.1 Å². The zero-order valence-corrected chi connectivity index (χ0v) is 17.5. The van der Waals surface area contributed by atoms with Gasteiger partial charge in [-0.15, -0.1) is 0 Å². The van der Waals surface area contributed by atoms with E-state index in [-0.39, 0.29) is 6.42 Å².